The van der Waals surface area contributed by atoms with Crippen LogP contribution in [0.2, 0.25) is 0 Å². The molecule has 40 heavy (non-hydrogen) atoms. The Morgan fingerprint density at radius 2 is 1.65 bits per heavy atom. The number of hydrogen-bond acceptors (Lipinski definition) is 4. The highest BCUT2D eigenvalue weighted by atomic mass is 79.9. The second-order valence-electron chi connectivity index (χ2n) is 8.57. The second kappa shape index (κ2) is 12.6. The minimum atomic E-state index is -5.75. The number of thiazole rings is 1. The fourth-order valence-corrected chi connectivity index (χ4v) is 7.21. The van der Waals surface area contributed by atoms with Crippen molar-refractivity contribution in [3.05, 3.63) is 104 Å². The van der Waals surface area contributed by atoms with Gasteiger partial charge in [-0.15, -0.1) is 15.7 Å². The Bertz CT molecular complexity index is 1730. The van der Waals surface area contributed by atoms with E-state index in [2.05, 4.69) is 20.3 Å². The molecule has 0 bridgehead atoms. The van der Waals surface area contributed by atoms with Crippen molar-refractivity contribution in [2.24, 2.45) is 4.40 Å². The molecule has 3 aromatic carbocycles. The average molecular weight is 674 g/mol. The van der Waals surface area contributed by atoms with E-state index in [0.29, 0.717) is 11.3 Å². The zero-order valence-corrected chi connectivity index (χ0v) is 26.2. The molecule has 4 aromatic rings. The molecule has 0 aliphatic carbocycles. The Morgan fingerprint density at radius 1 is 1.00 bits per heavy atom. The molecule has 0 spiro atoms. The van der Waals surface area contributed by atoms with Gasteiger partial charge < -0.3 is 14.4 Å². The van der Waals surface area contributed by atoms with Crippen molar-refractivity contribution in [1.82, 2.24) is 4.57 Å². The van der Waals surface area contributed by atoms with Crippen molar-refractivity contribution in [2.45, 2.75) is 44.8 Å². The molecule has 2 N–H and O–H groups in total. The van der Waals surface area contributed by atoms with Gasteiger partial charge in [-0.3, -0.25) is 4.57 Å². The standard InChI is InChI=1S/C25H22BrF2N2O5PS2.C2H6/c1-16-8-10-20(12-17(16)2)38(34,35)29-24-30(23(15-37-24)19-6-4-3-5-7-19)14-18-9-11-21(22(26)13-18)25(27,28)36(31,32)33;1-2/h3-13,15H,14H2,1-2H3,(H2,31,32,33);1-2H3. The lowest BCUT2D eigenvalue weighted by atomic mass is 10.1. The maximum absolute atomic E-state index is 14.3. The number of aromatic nitrogens is 1. The lowest BCUT2D eigenvalue weighted by molar-refractivity contribution is 0.0557. The molecule has 214 valence electrons. The maximum atomic E-state index is 14.3. The maximum Gasteiger partial charge on any atom is 0.399 e. The van der Waals surface area contributed by atoms with Gasteiger partial charge >= 0.3 is 13.3 Å². The number of aryl methyl sites for hydroxylation is 2. The summed E-state index contributed by atoms with van der Waals surface area (Å²) in [6.45, 7) is 7.74. The van der Waals surface area contributed by atoms with Crippen LogP contribution in [0, 0.1) is 13.8 Å². The normalized spacial score (nSPS) is 12.7. The van der Waals surface area contributed by atoms with Gasteiger partial charge in [-0.2, -0.15) is 17.2 Å². The highest BCUT2D eigenvalue weighted by Gasteiger charge is 2.51. The van der Waals surface area contributed by atoms with Crippen LogP contribution in [-0.2, 0) is 26.8 Å². The summed E-state index contributed by atoms with van der Waals surface area (Å²) in [6, 6.07) is 17.5. The van der Waals surface area contributed by atoms with Crippen LogP contribution in [0.4, 0.5) is 8.78 Å². The lowest BCUT2D eigenvalue weighted by Gasteiger charge is -2.20. The molecule has 7 nitrogen and oxygen atoms in total. The van der Waals surface area contributed by atoms with E-state index in [-0.39, 0.29) is 20.7 Å². The molecule has 0 radical (unpaired) electrons. The average Bonchev–Trinajstić information content (AvgIpc) is 3.27. The van der Waals surface area contributed by atoms with Gasteiger partial charge in [-0.1, -0.05) is 78.3 Å². The molecule has 0 unspecified atom stereocenters. The third-order valence-corrected chi connectivity index (χ3v) is 9.78. The van der Waals surface area contributed by atoms with Crippen molar-refractivity contribution < 1.29 is 31.6 Å². The van der Waals surface area contributed by atoms with Crippen LogP contribution in [0.25, 0.3) is 11.3 Å². The van der Waals surface area contributed by atoms with E-state index in [9.17, 15) is 21.8 Å². The quantitative estimate of drug-likeness (QED) is 0.202. The largest absolute Gasteiger partial charge is 0.399 e. The highest BCUT2D eigenvalue weighted by molar-refractivity contribution is 9.10. The summed E-state index contributed by atoms with van der Waals surface area (Å²) in [5.41, 5.74) is -1.56. The van der Waals surface area contributed by atoms with Crippen LogP contribution in [0.1, 0.15) is 36.1 Å². The number of sulfonamides is 1. The number of halogens is 3. The van der Waals surface area contributed by atoms with Gasteiger partial charge in [0.05, 0.1) is 17.1 Å². The van der Waals surface area contributed by atoms with Gasteiger partial charge in [0.15, 0.2) is 0 Å². The van der Waals surface area contributed by atoms with Crippen molar-refractivity contribution in [3.63, 3.8) is 0 Å². The van der Waals surface area contributed by atoms with Crippen LogP contribution < -0.4 is 4.80 Å². The SMILES string of the molecule is CC.Cc1ccc(S(=O)(=O)N=c2scc(-c3ccccc3)n2Cc2ccc(C(F)(F)P(=O)(O)O)c(Br)c2)cc1C. The number of rotatable bonds is 7. The number of hydrogen-bond donors (Lipinski definition) is 2. The van der Waals surface area contributed by atoms with E-state index >= 15 is 0 Å². The summed E-state index contributed by atoms with van der Waals surface area (Å²) in [4.78, 5) is 18.4. The predicted octanol–water partition coefficient (Wildman–Crippen LogP) is 7.19. The van der Waals surface area contributed by atoms with Crippen LogP contribution >= 0.6 is 34.9 Å². The molecular formula is C27H28BrF2N2O5PS2. The van der Waals surface area contributed by atoms with Gasteiger partial charge in [0.1, 0.15) is 0 Å². The molecule has 0 aliphatic rings. The fourth-order valence-electron chi connectivity index (χ4n) is 3.67. The van der Waals surface area contributed by atoms with Crippen LogP contribution in [-0.4, -0.2) is 22.8 Å². The zero-order chi connectivity index (χ0) is 29.9. The van der Waals surface area contributed by atoms with E-state index in [1.807, 2.05) is 58.0 Å². The lowest BCUT2D eigenvalue weighted by Crippen LogP contribution is -2.19. The van der Waals surface area contributed by atoms with Gasteiger partial charge in [0.25, 0.3) is 10.0 Å². The second-order valence-corrected chi connectivity index (χ2v) is 13.5. The monoisotopic (exact) mass is 672 g/mol. The summed E-state index contributed by atoms with van der Waals surface area (Å²) in [7, 11) is -9.82. The van der Waals surface area contributed by atoms with Crippen LogP contribution in [0.5, 0.6) is 0 Å². The van der Waals surface area contributed by atoms with E-state index in [0.717, 1.165) is 34.1 Å². The van der Waals surface area contributed by atoms with Crippen LogP contribution in [0.15, 0.2) is 85.9 Å². The Hall–Kier alpha value is -2.47. The van der Waals surface area contributed by atoms with Gasteiger partial charge in [0, 0.05) is 15.4 Å². The minimum Gasteiger partial charge on any atom is -0.320 e. The van der Waals surface area contributed by atoms with Gasteiger partial charge in [0.2, 0.25) is 4.80 Å². The molecule has 0 atom stereocenters. The summed E-state index contributed by atoms with van der Waals surface area (Å²) < 4.78 is 71.9. The molecule has 13 heteroatoms. The number of benzene rings is 3. The molecule has 1 heterocycles. The first kappa shape index (κ1) is 32.0. The first-order valence-corrected chi connectivity index (χ1v) is 16.8. The highest BCUT2D eigenvalue weighted by Crippen LogP contribution is 2.60. The molecule has 0 aliphatic heterocycles. The van der Waals surface area contributed by atoms with Crippen molar-refractivity contribution in [1.29, 1.82) is 0 Å². The van der Waals surface area contributed by atoms with Crippen molar-refractivity contribution in [3.8, 4) is 11.3 Å². The summed E-state index contributed by atoms with van der Waals surface area (Å²) >= 11 is 4.12. The Labute approximate surface area is 244 Å². The fraction of sp³-hybridized carbons (Fsp3) is 0.222. The third kappa shape index (κ3) is 6.87. The minimum absolute atomic E-state index is 0.0496. The first-order valence-electron chi connectivity index (χ1n) is 12.0. The third-order valence-electron chi connectivity index (χ3n) is 5.91. The molecule has 0 saturated heterocycles. The van der Waals surface area contributed by atoms with E-state index < -0.39 is 28.8 Å². The topological polar surface area (TPSA) is 109 Å². The summed E-state index contributed by atoms with van der Waals surface area (Å²) in [6.07, 6.45) is 0. The Kier molecular flexibility index (Phi) is 10.1. The van der Waals surface area contributed by atoms with Crippen molar-refractivity contribution in [2.75, 3.05) is 0 Å². The van der Waals surface area contributed by atoms with Gasteiger partial charge in [-0.05, 0) is 54.3 Å². The molecular weight excluding hydrogens is 645 g/mol. The summed E-state index contributed by atoms with van der Waals surface area (Å²) in [5.74, 6) is 0. The Morgan fingerprint density at radius 3 is 2.23 bits per heavy atom. The zero-order valence-electron chi connectivity index (χ0n) is 22.0. The number of alkyl halides is 2. The number of nitrogens with zero attached hydrogens (tertiary/aromatic N) is 2. The summed E-state index contributed by atoms with van der Waals surface area (Å²) in [5, 5.41) is 1.76. The molecule has 0 amide bonds. The van der Waals surface area contributed by atoms with E-state index in [1.165, 1.54) is 18.2 Å². The van der Waals surface area contributed by atoms with E-state index in [4.69, 9.17) is 9.79 Å². The molecule has 4 rings (SSSR count). The molecule has 1 aromatic heterocycles. The van der Waals surface area contributed by atoms with Crippen LogP contribution in [0.3, 0.4) is 0 Å². The molecule has 0 fully saturated rings. The predicted molar refractivity (Wildman–Crippen MR) is 157 cm³/mol. The Balaban J connectivity index is 0.00000216. The molecule has 0 saturated carbocycles. The van der Waals surface area contributed by atoms with Crippen molar-refractivity contribution >= 4 is 44.9 Å². The smallest absolute Gasteiger partial charge is 0.320 e. The van der Waals surface area contributed by atoms with E-state index in [1.54, 1.807) is 22.1 Å². The van der Waals surface area contributed by atoms with Gasteiger partial charge in [-0.25, -0.2) is 0 Å². The first-order chi connectivity index (χ1) is 18.7.